The zero-order valence-electron chi connectivity index (χ0n) is 11.4. The van der Waals surface area contributed by atoms with E-state index in [4.69, 9.17) is 9.84 Å². The molecule has 18 heavy (non-hydrogen) atoms. The maximum Gasteiger partial charge on any atom is 0.112 e. The minimum Gasteiger partial charge on any atom is -0.492 e. The van der Waals surface area contributed by atoms with Crippen LogP contribution in [0.2, 0.25) is 0 Å². The second-order valence-corrected chi connectivity index (χ2v) is 7.33. The highest BCUT2D eigenvalue weighted by Crippen LogP contribution is 2.64. The van der Waals surface area contributed by atoms with E-state index in [9.17, 15) is 5.11 Å². The Kier molecular flexibility index (Phi) is 2.59. The molecule has 4 fully saturated rings. The first-order valence-electron chi connectivity index (χ1n) is 7.05. The molecule has 0 spiro atoms. The lowest BCUT2D eigenvalue weighted by atomic mass is 9.47. The third-order valence-corrected chi connectivity index (χ3v) is 5.02. The first-order chi connectivity index (χ1) is 8.36. The Bertz CT molecular complexity index is 369. The van der Waals surface area contributed by atoms with Gasteiger partial charge in [-0.05, 0) is 56.4 Å². The van der Waals surface area contributed by atoms with Crippen molar-refractivity contribution < 1.29 is 14.9 Å². The van der Waals surface area contributed by atoms with Gasteiger partial charge in [-0.15, -0.1) is 0 Å². The predicted octanol–water partition coefficient (Wildman–Crippen LogP) is 2.37. The summed E-state index contributed by atoms with van der Waals surface area (Å²) in [4.78, 5) is 0. The fraction of sp³-hybridized carbons (Fsp3) is 0.867. The van der Waals surface area contributed by atoms with Crippen molar-refractivity contribution in [2.24, 2.45) is 11.3 Å². The number of aliphatic hydroxyl groups excluding tert-OH is 1. The van der Waals surface area contributed by atoms with Gasteiger partial charge in [0, 0.05) is 6.42 Å². The van der Waals surface area contributed by atoms with Crippen LogP contribution in [0.3, 0.4) is 0 Å². The maximum atomic E-state index is 10.7. The van der Waals surface area contributed by atoms with Gasteiger partial charge >= 0.3 is 0 Å². The highest BCUT2D eigenvalue weighted by molar-refractivity contribution is 5.15. The molecule has 0 aliphatic heterocycles. The minimum absolute atomic E-state index is 0.0207. The summed E-state index contributed by atoms with van der Waals surface area (Å²) in [6.07, 6.45) is 7.73. The van der Waals surface area contributed by atoms with Crippen LogP contribution in [-0.4, -0.2) is 28.0 Å². The summed E-state index contributed by atoms with van der Waals surface area (Å²) < 4.78 is 6.16. The van der Waals surface area contributed by atoms with Gasteiger partial charge in [0.05, 0.1) is 18.0 Å². The molecule has 4 aliphatic rings. The van der Waals surface area contributed by atoms with Crippen molar-refractivity contribution in [1.29, 1.82) is 0 Å². The summed E-state index contributed by atoms with van der Waals surface area (Å²) in [5, 5.41) is 19.7. The van der Waals surface area contributed by atoms with Crippen molar-refractivity contribution in [2.45, 2.75) is 63.6 Å². The third-order valence-electron chi connectivity index (χ3n) is 5.02. The molecule has 0 radical (unpaired) electrons. The van der Waals surface area contributed by atoms with Crippen LogP contribution in [0.4, 0.5) is 0 Å². The van der Waals surface area contributed by atoms with Crippen molar-refractivity contribution >= 4 is 0 Å². The van der Waals surface area contributed by atoms with E-state index in [0.717, 1.165) is 37.9 Å². The predicted molar refractivity (Wildman–Crippen MR) is 68.9 cm³/mol. The van der Waals surface area contributed by atoms with Crippen LogP contribution in [0.1, 0.15) is 52.4 Å². The van der Waals surface area contributed by atoms with Gasteiger partial charge in [-0.25, -0.2) is 0 Å². The van der Waals surface area contributed by atoms with Gasteiger partial charge in [0.25, 0.3) is 0 Å². The Morgan fingerprint density at radius 3 is 2.67 bits per heavy atom. The van der Waals surface area contributed by atoms with Crippen molar-refractivity contribution in [3.63, 3.8) is 0 Å². The smallest absolute Gasteiger partial charge is 0.112 e. The van der Waals surface area contributed by atoms with E-state index in [2.05, 4.69) is 6.92 Å². The van der Waals surface area contributed by atoms with Gasteiger partial charge in [-0.2, -0.15) is 0 Å². The lowest BCUT2D eigenvalue weighted by molar-refractivity contribution is -0.231. The molecule has 0 saturated heterocycles. The number of aliphatic hydroxyl groups is 2. The van der Waals surface area contributed by atoms with E-state index in [-0.39, 0.29) is 17.6 Å². The first kappa shape index (κ1) is 12.5. The van der Waals surface area contributed by atoms with E-state index in [0.29, 0.717) is 5.92 Å². The molecule has 4 unspecified atom stereocenters. The van der Waals surface area contributed by atoms with Crippen LogP contribution < -0.4 is 0 Å². The summed E-state index contributed by atoms with van der Waals surface area (Å²) in [5.41, 5.74) is -0.444. The number of rotatable bonds is 3. The average Bonchev–Trinajstić information content (AvgIpc) is 2.09. The van der Waals surface area contributed by atoms with Crippen molar-refractivity contribution in [3.05, 3.63) is 11.8 Å². The summed E-state index contributed by atoms with van der Waals surface area (Å²) in [7, 11) is 0. The third kappa shape index (κ3) is 1.97. The fourth-order valence-electron chi connectivity index (χ4n) is 5.39. The van der Waals surface area contributed by atoms with Crippen LogP contribution in [-0.2, 0) is 4.74 Å². The minimum atomic E-state index is -0.506. The quantitative estimate of drug-likeness (QED) is 0.758. The SMILES string of the molecule is CC(=CCO)OC12CC3CC(C)(CC(O)(C3)C1)C2. The molecule has 3 heteroatoms. The second-order valence-electron chi connectivity index (χ2n) is 7.33. The van der Waals surface area contributed by atoms with Crippen molar-refractivity contribution in [3.8, 4) is 0 Å². The lowest BCUT2D eigenvalue weighted by Crippen LogP contribution is -2.63. The molecule has 4 saturated carbocycles. The molecule has 2 N–H and O–H groups in total. The van der Waals surface area contributed by atoms with Gasteiger partial charge in [-0.1, -0.05) is 6.92 Å². The molecule has 3 nitrogen and oxygen atoms in total. The molecule has 102 valence electrons. The number of hydrogen-bond acceptors (Lipinski definition) is 3. The van der Waals surface area contributed by atoms with Crippen LogP contribution >= 0.6 is 0 Å². The normalized spacial score (nSPS) is 50.7. The van der Waals surface area contributed by atoms with Gasteiger partial charge in [0.15, 0.2) is 0 Å². The number of allylic oxidation sites excluding steroid dienone is 1. The van der Waals surface area contributed by atoms with Gasteiger partial charge < -0.3 is 14.9 Å². The molecular formula is C15H24O3. The van der Waals surface area contributed by atoms with Crippen LogP contribution in [0.25, 0.3) is 0 Å². The topological polar surface area (TPSA) is 49.7 Å². The van der Waals surface area contributed by atoms with Crippen molar-refractivity contribution in [1.82, 2.24) is 0 Å². The maximum absolute atomic E-state index is 10.7. The number of ether oxygens (including phenoxy) is 1. The zero-order valence-corrected chi connectivity index (χ0v) is 11.4. The van der Waals surface area contributed by atoms with Crippen LogP contribution in [0.5, 0.6) is 0 Å². The van der Waals surface area contributed by atoms with E-state index >= 15 is 0 Å². The van der Waals surface area contributed by atoms with E-state index in [1.807, 2.05) is 6.92 Å². The molecule has 4 aliphatic carbocycles. The summed E-state index contributed by atoms with van der Waals surface area (Å²) in [6.45, 7) is 4.22. The van der Waals surface area contributed by atoms with Crippen LogP contribution in [0.15, 0.2) is 11.8 Å². The zero-order chi connectivity index (χ0) is 13.0. The lowest BCUT2D eigenvalue weighted by Gasteiger charge is -2.63. The molecule has 0 aromatic carbocycles. The van der Waals surface area contributed by atoms with E-state index < -0.39 is 5.60 Å². The van der Waals surface area contributed by atoms with Crippen molar-refractivity contribution in [2.75, 3.05) is 6.61 Å². The monoisotopic (exact) mass is 252 g/mol. The second kappa shape index (κ2) is 3.73. The Morgan fingerprint density at radius 2 is 2.06 bits per heavy atom. The standard InChI is InChI=1S/C15H24O3/c1-11(3-4-16)18-15-7-12-5-13(2,9-15)8-14(17,6-12)10-15/h3,12,16-17H,4-10H2,1-2H3. The Hall–Kier alpha value is -0.540. The molecule has 4 bridgehead atoms. The van der Waals surface area contributed by atoms with Gasteiger partial charge in [0.1, 0.15) is 5.60 Å². The molecule has 0 amide bonds. The average molecular weight is 252 g/mol. The molecule has 4 rings (SSSR count). The number of hydrogen-bond donors (Lipinski definition) is 2. The summed E-state index contributed by atoms with van der Waals surface area (Å²) >= 11 is 0. The molecule has 0 aromatic heterocycles. The highest BCUT2D eigenvalue weighted by atomic mass is 16.5. The first-order valence-corrected chi connectivity index (χ1v) is 7.05. The summed E-state index contributed by atoms with van der Waals surface area (Å²) in [6, 6.07) is 0. The highest BCUT2D eigenvalue weighted by Gasteiger charge is 2.62. The van der Waals surface area contributed by atoms with Crippen LogP contribution in [0, 0.1) is 11.3 Å². The van der Waals surface area contributed by atoms with Gasteiger partial charge in [-0.3, -0.25) is 0 Å². The Labute approximate surface area is 109 Å². The molecule has 0 heterocycles. The largest absolute Gasteiger partial charge is 0.492 e. The van der Waals surface area contributed by atoms with E-state index in [1.54, 1.807) is 6.08 Å². The van der Waals surface area contributed by atoms with Gasteiger partial charge in [0.2, 0.25) is 0 Å². The molecule has 4 atom stereocenters. The molecular weight excluding hydrogens is 228 g/mol. The Morgan fingerprint density at radius 1 is 1.28 bits per heavy atom. The Balaban J connectivity index is 1.87. The molecule has 0 aromatic rings. The van der Waals surface area contributed by atoms with E-state index in [1.165, 1.54) is 6.42 Å². The summed E-state index contributed by atoms with van der Waals surface area (Å²) in [5.74, 6) is 1.41. The fourth-order valence-corrected chi connectivity index (χ4v) is 5.39.